The first-order valence-corrected chi connectivity index (χ1v) is 7.09. The van der Waals surface area contributed by atoms with E-state index in [9.17, 15) is 0 Å². The summed E-state index contributed by atoms with van der Waals surface area (Å²) in [6.07, 6.45) is 5.37. The molecule has 1 aliphatic heterocycles. The smallest absolute Gasteiger partial charge is 0.0616 e. The Balaban J connectivity index is 2.59. The molecule has 0 aromatic carbocycles. The highest BCUT2D eigenvalue weighted by atomic mass is 16.5. The summed E-state index contributed by atoms with van der Waals surface area (Å²) >= 11 is 0. The summed E-state index contributed by atoms with van der Waals surface area (Å²) in [6, 6.07) is 0.650. The summed E-state index contributed by atoms with van der Waals surface area (Å²) in [6.45, 7) is 11.3. The fourth-order valence-electron chi connectivity index (χ4n) is 2.84. The van der Waals surface area contributed by atoms with E-state index in [0.717, 1.165) is 31.4 Å². The highest BCUT2D eigenvalue weighted by Crippen LogP contribution is 2.30. The molecular weight excluding hydrogens is 198 g/mol. The second kappa shape index (κ2) is 7.29. The predicted molar refractivity (Wildman–Crippen MR) is 69.7 cm³/mol. The van der Waals surface area contributed by atoms with Crippen molar-refractivity contribution in [1.82, 2.24) is 5.32 Å². The Bertz CT molecular complexity index is 184. The van der Waals surface area contributed by atoms with Gasteiger partial charge in [-0.3, -0.25) is 0 Å². The van der Waals surface area contributed by atoms with Crippen molar-refractivity contribution >= 4 is 0 Å². The van der Waals surface area contributed by atoms with Crippen LogP contribution in [0.4, 0.5) is 0 Å². The van der Waals surface area contributed by atoms with E-state index >= 15 is 0 Å². The molecule has 1 heterocycles. The van der Waals surface area contributed by atoms with Gasteiger partial charge in [0.05, 0.1) is 6.10 Å². The Labute approximate surface area is 101 Å². The summed E-state index contributed by atoms with van der Waals surface area (Å²) in [5.74, 6) is 1.48. The Morgan fingerprint density at radius 2 is 2.06 bits per heavy atom. The molecule has 0 aromatic rings. The van der Waals surface area contributed by atoms with Crippen LogP contribution < -0.4 is 5.32 Å². The fourth-order valence-corrected chi connectivity index (χ4v) is 2.84. The minimum absolute atomic E-state index is 0.489. The Morgan fingerprint density at radius 3 is 2.62 bits per heavy atom. The van der Waals surface area contributed by atoms with Crippen molar-refractivity contribution in [3.63, 3.8) is 0 Å². The van der Waals surface area contributed by atoms with Gasteiger partial charge in [-0.2, -0.15) is 0 Å². The molecule has 0 bridgehead atoms. The largest absolute Gasteiger partial charge is 0.378 e. The van der Waals surface area contributed by atoms with Crippen molar-refractivity contribution in [3.8, 4) is 0 Å². The third kappa shape index (κ3) is 3.46. The van der Waals surface area contributed by atoms with Crippen LogP contribution in [0.15, 0.2) is 0 Å². The van der Waals surface area contributed by atoms with Crippen molar-refractivity contribution in [2.45, 2.75) is 65.5 Å². The second-order valence-electron chi connectivity index (χ2n) is 5.14. The minimum atomic E-state index is 0.489. The monoisotopic (exact) mass is 227 g/mol. The standard InChI is InChI=1S/C14H29NO/c1-5-9-15-14(11(4)6-2)12-8-10-16-13(12)7-3/h11-15H,5-10H2,1-4H3. The lowest BCUT2D eigenvalue weighted by Crippen LogP contribution is -2.44. The van der Waals surface area contributed by atoms with Gasteiger partial charge in [0, 0.05) is 18.6 Å². The van der Waals surface area contributed by atoms with Crippen LogP contribution in [0.3, 0.4) is 0 Å². The number of hydrogen-bond acceptors (Lipinski definition) is 2. The van der Waals surface area contributed by atoms with Gasteiger partial charge in [0.1, 0.15) is 0 Å². The number of hydrogen-bond donors (Lipinski definition) is 1. The summed E-state index contributed by atoms with van der Waals surface area (Å²) in [5, 5.41) is 3.75. The van der Waals surface area contributed by atoms with Gasteiger partial charge in [0.2, 0.25) is 0 Å². The van der Waals surface area contributed by atoms with E-state index in [4.69, 9.17) is 4.74 Å². The lowest BCUT2D eigenvalue weighted by molar-refractivity contribution is 0.0700. The van der Waals surface area contributed by atoms with Crippen molar-refractivity contribution in [2.24, 2.45) is 11.8 Å². The third-order valence-corrected chi connectivity index (χ3v) is 4.01. The molecule has 1 fully saturated rings. The average Bonchev–Trinajstić information content (AvgIpc) is 2.77. The van der Waals surface area contributed by atoms with Crippen LogP contribution in [-0.4, -0.2) is 25.3 Å². The lowest BCUT2D eigenvalue weighted by Gasteiger charge is -2.32. The zero-order valence-corrected chi connectivity index (χ0v) is 11.5. The molecule has 0 aliphatic carbocycles. The van der Waals surface area contributed by atoms with E-state index in [1.807, 2.05) is 0 Å². The van der Waals surface area contributed by atoms with Gasteiger partial charge in [0.25, 0.3) is 0 Å². The molecule has 4 unspecified atom stereocenters. The quantitative estimate of drug-likeness (QED) is 0.721. The van der Waals surface area contributed by atoms with Gasteiger partial charge >= 0.3 is 0 Å². The molecule has 0 saturated carbocycles. The van der Waals surface area contributed by atoms with Crippen LogP contribution in [0.5, 0.6) is 0 Å². The topological polar surface area (TPSA) is 21.3 Å². The van der Waals surface area contributed by atoms with Crippen LogP contribution in [0.25, 0.3) is 0 Å². The lowest BCUT2D eigenvalue weighted by atomic mass is 9.82. The molecule has 2 nitrogen and oxygen atoms in total. The van der Waals surface area contributed by atoms with Gasteiger partial charge in [0.15, 0.2) is 0 Å². The van der Waals surface area contributed by atoms with Crippen LogP contribution in [0, 0.1) is 11.8 Å². The van der Waals surface area contributed by atoms with Crippen LogP contribution in [0.1, 0.15) is 53.4 Å². The molecule has 16 heavy (non-hydrogen) atoms. The summed E-state index contributed by atoms with van der Waals surface area (Å²) in [4.78, 5) is 0. The van der Waals surface area contributed by atoms with E-state index < -0.39 is 0 Å². The molecular formula is C14H29NO. The molecule has 1 rings (SSSR count). The molecule has 1 aliphatic rings. The fraction of sp³-hybridized carbons (Fsp3) is 1.00. The molecule has 0 amide bonds. The third-order valence-electron chi connectivity index (χ3n) is 4.01. The Kier molecular flexibility index (Phi) is 6.37. The number of ether oxygens (including phenoxy) is 1. The maximum atomic E-state index is 5.83. The Morgan fingerprint density at radius 1 is 1.31 bits per heavy atom. The highest BCUT2D eigenvalue weighted by molar-refractivity contribution is 4.88. The van der Waals surface area contributed by atoms with Crippen molar-refractivity contribution in [3.05, 3.63) is 0 Å². The predicted octanol–water partition coefficient (Wildman–Crippen LogP) is 3.22. The Hall–Kier alpha value is -0.0800. The van der Waals surface area contributed by atoms with Gasteiger partial charge in [-0.05, 0) is 31.7 Å². The average molecular weight is 227 g/mol. The molecule has 1 saturated heterocycles. The normalized spacial score (nSPS) is 29.2. The molecule has 0 radical (unpaired) electrons. The zero-order chi connectivity index (χ0) is 12.0. The van der Waals surface area contributed by atoms with Gasteiger partial charge < -0.3 is 10.1 Å². The first-order chi connectivity index (χ1) is 7.74. The molecule has 4 atom stereocenters. The van der Waals surface area contributed by atoms with Gasteiger partial charge in [-0.1, -0.05) is 34.1 Å². The molecule has 96 valence electrons. The summed E-state index contributed by atoms with van der Waals surface area (Å²) < 4.78 is 5.83. The number of rotatable bonds is 7. The second-order valence-corrected chi connectivity index (χ2v) is 5.14. The van der Waals surface area contributed by atoms with Crippen LogP contribution >= 0.6 is 0 Å². The summed E-state index contributed by atoms with van der Waals surface area (Å²) in [7, 11) is 0. The maximum absolute atomic E-state index is 5.83. The maximum Gasteiger partial charge on any atom is 0.0616 e. The van der Waals surface area contributed by atoms with Crippen LogP contribution in [-0.2, 0) is 4.74 Å². The zero-order valence-electron chi connectivity index (χ0n) is 11.5. The van der Waals surface area contributed by atoms with Gasteiger partial charge in [-0.25, -0.2) is 0 Å². The van der Waals surface area contributed by atoms with Crippen LogP contribution in [0.2, 0.25) is 0 Å². The molecule has 1 N–H and O–H groups in total. The van der Waals surface area contributed by atoms with Gasteiger partial charge in [-0.15, -0.1) is 0 Å². The molecule has 0 spiro atoms. The van der Waals surface area contributed by atoms with Crippen molar-refractivity contribution in [2.75, 3.05) is 13.2 Å². The van der Waals surface area contributed by atoms with Crippen molar-refractivity contribution < 1.29 is 4.74 Å². The van der Waals surface area contributed by atoms with E-state index in [-0.39, 0.29) is 0 Å². The van der Waals surface area contributed by atoms with E-state index in [0.29, 0.717) is 12.1 Å². The van der Waals surface area contributed by atoms with Crippen molar-refractivity contribution in [1.29, 1.82) is 0 Å². The first kappa shape index (κ1) is 14.0. The minimum Gasteiger partial charge on any atom is -0.378 e. The highest BCUT2D eigenvalue weighted by Gasteiger charge is 2.35. The van der Waals surface area contributed by atoms with E-state index in [2.05, 4.69) is 33.0 Å². The van der Waals surface area contributed by atoms with E-state index in [1.54, 1.807) is 0 Å². The molecule has 0 aromatic heterocycles. The van der Waals surface area contributed by atoms with E-state index in [1.165, 1.54) is 19.3 Å². The molecule has 2 heteroatoms. The SMILES string of the molecule is CCCNC(C(C)CC)C1CCOC1CC. The first-order valence-electron chi connectivity index (χ1n) is 7.09. The number of nitrogens with one attached hydrogen (secondary N) is 1. The summed E-state index contributed by atoms with van der Waals surface area (Å²) in [5.41, 5.74) is 0.